The van der Waals surface area contributed by atoms with Crippen molar-refractivity contribution >= 4 is 18.3 Å². The molecule has 0 spiro atoms. The first-order chi connectivity index (χ1) is 8.03. The molecule has 0 aromatic carbocycles. The Morgan fingerprint density at radius 2 is 2.00 bits per heavy atom. The number of nitrogens with one attached hydrogen (secondary N) is 2. The fraction of sp³-hybridized carbons (Fsp3) is 0.923. The first-order valence-electron chi connectivity index (χ1n) is 6.56. The van der Waals surface area contributed by atoms with Crippen LogP contribution in [-0.2, 0) is 9.53 Å². The third-order valence-electron chi connectivity index (χ3n) is 3.50. The molecule has 0 bridgehead atoms. The highest BCUT2D eigenvalue weighted by Gasteiger charge is 2.18. The van der Waals surface area contributed by atoms with Crippen LogP contribution >= 0.6 is 12.4 Å². The molecule has 1 rings (SSSR count). The van der Waals surface area contributed by atoms with Gasteiger partial charge in [-0.1, -0.05) is 0 Å². The smallest absolute Gasteiger partial charge is 0.220 e. The Hall–Kier alpha value is -0.320. The number of amides is 1. The molecule has 1 aliphatic heterocycles. The number of ether oxygens (including phenoxy) is 1. The number of methoxy groups -OCH3 is 1. The van der Waals surface area contributed by atoms with E-state index in [1.807, 2.05) is 13.8 Å². The van der Waals surface area contributed by atoms with Crippen molar-refractivity contribution in [3.05, 3.63) is 0 Å². The van der Waals surface area contributed by atoms with Gasteiger partial charge in [0, 0.05) is 20.1 Å². The quantitative estimate of drug-likeness (QED) is 0.778. The van der Waals surface area contributed by atoms with Crippen LogP contribution < -0.4 is 10.6 Å². The second-order valence-electron chi connectivity index (χ2n) is 5.47. The topological polar surface area (TPSA) is 50.4 Å². The minimum absolute atomic E-state index is 0. The highest BCUT2D eigenvalue weighted by Crippen LogP contribution is 2.17. The van der Waals surface area contributed by atoms with Gasteiger partial charge in [0.15, 0.2) is 0 Å². The van der Waals surface area contributed by atoms with E-state index in [9.17, 15) is 4.79 Å². The van der Waals surface area contributed by atoms with E-state index in [2.05, 4.69) is 10.6 Å². The maximum Gasteiger partial charge on any atom is 0.220 e. The minimum atomic E-state index is -0.273. The van der Waals surface area contributed by atoms with Crippen LogP contribution in [0, 0.1) is 5.92 Å². The predicted octanol–water partition coefficient (Wildman–Crippen LogP) is 1.73. The van der Waals surface area contributed by atoms with E-state index in [1.54, 1.807) is 7.11 Å². The maximum atomic E-state index is 11.7. The van der Waals surface area contributed by atoms with E-state index in [0.29, 0.717) is 13.0 Å². The molecule has 0 aromatic rings. The van der Waals surface area contributed by atoms with Crippen LogP contribution in [0.25, 0.3) is 0 Å². The van der Waals surface area contributed by atoms with Crippen molar-refractivity contribution in [2.45, 2.75) is 45.1 Å². The molecule has 18 heavy (non-hydrogen) atoms. The Morgan fingerprint density at radius 3 is 2.56 bits per heavy atom. The van der Waals surface area contributed by atoms with Gasteiger partial charge in [0.2, 0.25) is 5.91 Å². The van der Waals surface area contributed by atoms with Gasteiger partial charge in [-0.25, -0.2) is 0 Å². The SMILES string of the molecule is COC(C)(C)CNC(=O)CCC1CCNCC1.Cl. The number of halogens is 1. The number of carbonyl (C=O) groups is 1. The molecule has 0 saturated carbocycles. The first-order valence-corrected chi connectivity index (χ1v) is 6.56. The van der Waals surface area contributed by atoms with Gasteiger partial charge in [0.25, 0.3) is 0 Å². The number of hydrogen-bond acceptors (Lipinski definition) is 3. The van der Waals surface area contributed by atoms with Gasteiger partial charge in [-0.2, -0.15) is 0 Å². The van der Waals surface area contributed by atoms with Gasteiger partial charge in [0.05, 0.1) is 5.60 Å². The molecular weight excluding hydrogens is 252 g/mol. The van der Waals surface area contributed by atoms with Crippen molar-refractivity contribution < 1.29 is 9.53 Å². The van der Waals surface area contributed by atoms with E-state index in [4.69, 9.17) is 4.74 Å². The summed E-state index contributed by atoms with van der Waals surface area (Å²) in [5.41, 5.74) is -0.273. The highest BCUT2D eigenvalue weighted by atomic mass is 35.5. The van der Waals surface area contributed by atoms with Crippen molar-refractivity contribution in [2.24, 2.45) is 5.92 Å². The average Bonchev–Trinajstić information content (AvgIpc) is 2.35. The number of hydrogen-bond donors (Lipinski definition) is 2. The van der Waals surface area contributed by atoms with Crippen LogP contribution in [-0.4, -0.2) is 38.3 Å². The van der Waals surface area contributed by atoms with E-state index in [-0.39, 0.29) is 23.9 Å². The molecule has 1 heterocycles. The molecule has 4 nitrogen and oxygen atoms in total. The summed E-state index contributed by atoms with van der Waals surface area (Å²) < 4.78 is 5.26. The van der Waals surface area contributed by atoms with E-state index in [1.165, 1.54) is 12.8 Å². The first kappa shape index (κ1) is 17.7. The highest BCUT2D eigenvalue weighted by molar-refractivity contribution is 5.85. The summed E-state index contributed by atoms with van der Waals surface area (Å²) in [4.78, 5) is 11.7. The normalized spacial score (nSPS) is 17.1. The van der Waals surface area contributed by atoms with Crippen molar-refractivity contribution in [2.75, 3.05) is 26.7 Å². The van der Waals surface area contributed by atoms with Gasteiger partial charge in [-0.05, 0) is 52.1 Å². The Labute approximate surface area is 117 Å². The Morgan fingerprint density at radius 1 is 1.39 bits per heavy atom. The largest absolute Gasteiger partial charge is 0.377 e. The lowest BCUT2D eigenvalue weighted by Crippen LogP contribution is -2.39. The maximum absolute atomic E-state index is 11.7. The fourth-order valence-corrected chi connectivity index (χ4v) is 1.98. The molecule has 0 radical (unpaired) electrons. The van der Waals surface area contributed by atoms with E-state index < -0.39 is 0 Å². The summed E-state index contributed by atoms with van der Waals surface area (Å²) in [6.07, 6.45) is 4.07. The molecule has 2 N–H and O–H groups in total. The van der Waals surface area contributed by atoms with E-state index in [0.717, 1.165) is 25.4 Å². The minimum Gasteiger partial charge on any atom is -0.377 e. The molecule has 5 heteroatoms. The van der Waals surface area contributed by atoms with Crippen LogP contribution in [0.15, 0.2) is 0 Å². The molecule has 1 amide bonds. The van der Waals surface area contributed by atoms with Gasteiger partial charge < -0.3 is 15.4 Å². The molecule has 1 fully saturated rings. The summed E-state index contributed by atoms with van der Waals surface area (Å²) in [6.45, 7) is 6.72. The number of piperidine rings is 1. The Balaban J connectivity index is 0.00000289. The summed E-state index contributed by atoms with van der Waals surface area (Å²) in [7, 11) is 1.67. The second kappa shape index (κ2) is 8.73. The third-order valence-corrected chi connectivity index (χ3v) is 3.50. The second-order valence-corrected chi connectivity index (χ2v) is 5.47. The van der Waals surface area contributed by atoms with Gasteiger partial charge in [-0.3, -0.25) is 4.79 Å². The zero-order valence-electron chi connectivity index (χ0n) is 11.8. The molecule has 1 saturated heterocycles. The van der Waals surface area contributed by atoms with Crippen LogP contribution in [0.5, 0.6) is 0 Å². The third kappa shape index (κ3) is 7.19. The fourth-order valence-electron chi connectivity index (χ4n) is 1.98. The van der Waals surface area contributed by atoms with Crippen molar-refractivity contribution in [1.82, 2.24) is 10.6 Å². The Kier molecular flexibility index (Phi) is 8.57. The van der Waals surface area contributed by atoms with Crippen molar-refractivity contribution in [1.29, 1.82) is 0 Å². The molecule has 0 atom stereocenters. The monoisotopic (exact) mass is 278 g/mol. The molecule has 0 aromatic heterocycles. The Bertz CT molecular complexity index is 241. The summed E-state index contributed by atoms with van der Waals surface area (Å²) in [5.74, 6) is 0.867. The van der Waals surface area contributed by atoms with Crippen LogP contribution in [0.4, 0.5) is 0 Å². The predicted molar refractivity (Wildman–Crippen MR) is 76.2 cm³/mol. The number of rotatable bonds is 6. The van der Waals surface area contributed by atoms with Gasteiger partial charge in [-0.15, -0.1) is 12.4 Å². The zero-order valence-corrected chi connectivity index (χ0v) is 12.6. The molecule has 1 aliphatic rings. The van der Waals surface area contributed by atoms with Gasteiger partial charge in [0.1, 0.15) is 0 Å². The molecule has 0 aliphatic carbocycles. The summed E-state index contributed by atoms with van der Waals surface area (Å²) >= 11 is 0. The average molecular weight is 279 g/mol. The van der Waals surface area contributed by atoms with E-state index >= 15 is 0 Å². The van der Waals surface area contributed by atoms with Gasteiger partial charge >= 0.3 is 0 Å². The molecule has 108 valence electrons. The van der Waals surface area contributed by atoms with Crippen molar-refractivity contribution in [3.63, 3.8) is 0 Å². The summed E-state index contributed by atoms with van der Waals surface area (Å²) in [6, 6.07) is 0. The lowest BCUT2D eigenvalue weighted by molar-refractivity contribution is -0.122. The molecular formula is C13H27ClN2O2. The van der Waals surface area contributed by atoms with Crippen LogP contribution in [0.3, 0.4) is 0 Å². The summed E-state index contributed by atoms with van der Waals surface area (Å²) in [5, 5.41) is 6.27. The lowest BCUT2D eigenvalue weighted by Gasteiger charge is -2.24. The standard InChI is InChI=1S/C13H26N2O2.ClH/c1-13(2,17-3)10-15-12(16)5-4-11-6-8-14-9-7-11;/h11,14H,4-10H2,1-3H3,(H,15,16);1H. The van der Waals surface area contributed by atoms with Crippen molar-refractivity contribution in [3.8, 4) is 0 Å². The number of carbonyl (C=O) groups excluding carboxylic acids is 1. The lowest BCUT2D eigenvalue weighted by atomic mass is 9.93. The molecule has 0 unspecified atom stereocenters. The van der Waals surface area contributed by atoms with Crippen LogP contribution in [0.1, 0.15) is 39.5 Å². The van der Waals surface area contributed by atoms with Crippen LogP contribution in [0.2, 0.25) is 0 Å². The zero-order chi connectivity index (χ0) is 12.7.